The Hall–Kier alpha value is -0.830. The highest BCUT2D eigenvalue weighted by atomic mass is 31.2. The van der Waals surface area contributed by atoms with Gasteiger partial charge in [0, 0.05) is 48.4 Å². The highest BCUT2D eigenvalue weighted by Crippen LogP contribution is 2.47. The maximum absolute atomic E-state index is 13.2. The molecule has 25 unspecified atom stereocenters. The van der Waals surface area contributed by atoms with Crippen molar-refractivity contribution >= 4 is 20.1 Å². The third-order valence-corrected chi connectivity index (χ3v) is 5.86. The minimum atomic E-state index is -4.97. The van der Waals surface area contributed by atoms with Gasteiger partial charge in [-0.25, -0.2) is 0 Å². The van der Waals surface area contributed by atoms with Gasteiger partial charge in [0.25, 0.3) is 0 Å². The molecule has 26 atom stereocenters. The normalized spacial score (nSPS) is 38.4. The molecule has 0 rings (SSSR count). The molecule has 0 amide bonds. The molecule has 274 valence electrons. The molecular formula is C36H73NO8P+. The average Bonchev–Trinajstić information content (AvgIpc) is 3.35. The fourth-order valence-electron chi connectivity index (χ4n) is 2.64. The molecule has 0 saturated carbocycles. The summed E-state index contributed by atoms with van der Waals surface area (Å²) in [6.07, 6.45) is -48.8. The first-order chi connectivity index (χ1) is 32.8. The van der Waals surface area contributed by atoms with Gasteiger partial charge in [0.15, 0.2) is 6.10 Å². The van der Waals surface area contributed by atoms with E-state index in [0.29, 0.717) is 0 Å². The van der Waals surface area contributed by atoms with E-state index in [1.165, 1.54) is 0 Å². The van der Waals surface area contributed by atoms with Gasteiger partial charge in [-0.3, -0.25) is 9.59 Å². The first kappa shape index (κ1) is 17.9. The van der Waals surface area contributed by atoms with E-state index in [9.17, 15) is 19.4 Å². The van der Waals surface area contributed by atoms with Crippen molar-refractivity contribution in [1.29, 1.82) is 0 Å². The van der Waals surface area contributed by atoms with E-state index in [-0.39, 0.29) is 17.6 Å². The summed E-state index contributed by atoms with van der Waals surface area (Å²) in [5, 5.41) is 0. The standard InChI is InChI=1S/C36H72NO8P/c1-6-8-10-12-14-16-18-20-22-24-26-28-35(38)42-32-34(33-44-46(40,41)43-31-30-37(3,4)5)45-36(39)29-27-25-23-21-19-17-15-13-11-9-7-2/h34H,6-33H2,1-5H3/p+1/t34-/m1/s1/i1T,2T,6D,7D,8D,9D,10D,11D,12D,13D,14D,15D,16D,17D,18D,19D,20D,21D,22D,23D,24D,25D,26D,27D,28D,29D/t6?,7?,8?,9?,10?,11?,12?,13?,14?,15?,16?,17?,18?,19?,20?,21?,22?,23?,24?,25?,26?,27?,28?,29?,34-. The van der Waals surface area contributed by atoms with Crippen LogP contribution in [-0.4, -0.2) is 74.9 Å². The molecule has 1 N–H and O–H groups in total. The van der Waals surface area contributed by atoms with E-state index in [1.54, 1.807) is 21.1 Å². The first-order valence-corrected chi connectivity index (χ1v) is 15.9. The molecule has 9 nitrogen and oxygen atoms in total. The highest BCUT2D eigenvalue weighted by Gasteiger charge is 2.31. The van der Waals surface area contributed by atoms with Crippen molar-refractivity contribution in [1.82, 2.24) is 0 Å². The molecule has 0 aliphatic carbocycles. The molecule has 0 fully saturated rings. The quantitative estimate of drug-likeness (QED) is 0.0402. The molecule has 0 bridgehead atoms. The number of esters is 2. The van der Waals surface area contributed by atoms with Crippen molar-refractivity contribution in [2.75, 3.05) is 47.5 Å². The number of hydrogen-bond acceptors (Lipinski definition) is 8. The molecule has 0 aromatic carbocycles. The summed E-state index contributed by atoms with van der Waals surface area (Å²) in [4.78, 5) is 49.2. The maximum Gasteiger partial charge on any atom is 0.377 e. The fourth-order valence-corrected chi connectivity index (χ4v) is 3.38. The molecule has 10 heteroatoms. The molecule has 0 aliphatic rings. The monoisotopic (exact) mass is 707 g/mol. The first-order valence-electron chi connectivity index (χ1n) is 29.6. The third kappa shape index (κ3) is 33.1. The summed E-state index contributed by atoms with van der Waals surface area (Å²) < 4.78 is 231. The van der Waals surface area contributed by atoms with Gasteiger partial charge >= 0.3 is 20.1 Å². The Kier molecular flexibility index (Phi) is 11.8. The number of rotatable bonds is 34. The fraction of sp³-hybridized carbons (Fsp3) is 0.944. The van der Waals surface area contributed by atoms with Gasteiger partial charge in [-0.1, -0.05) is 142 Å². The van der Waals surface area contributed by atoms with Gasteiger partial charge in [0.1, 0.15) is 26.4 Å². The van der Waals surface area contributed by atoms with E-state index in [0.717, 1.165) is 0 Å². The van der Waals surface area contributed by atoms with Crippen LogP contribution in [0.15, 0.2) is 0 Å². The lowest BCUT2D eigenvalue weighted by atomic mass is 10.1. The lowest BCUT2D eigenvalue weighted by molar-refractivity contribution is -0.870. The third-order valence-electron chi connectivity index (χ3n) is 4.87. The smallest absolute Gasteiger partial charge is 0.377 e. The number of phosphoric acid groups is 1. The zero-order chi connectivity index (χ0) is 56.7. The Morgan fingerprint density at radius 1 is 0.696 bits per heavy atom. The van der Waals surface area contributed by atoms with Crippen LogP contribution in [0.25, 0.3) is 0 Å². The van der Waals surface area contributed by atoms with Crippen LogP contribution in [0.4, 0.5) is 0 Å². The zero-order valence-electron chi connectivity index (χ0n) is 52.9. The van der Waals surface area contributed by atoms with Crippen molar-refractivity contribution in [2.24, 2.45) is 0 Å². The molecule has 0 heterocycles. The number of carbonyl (C=O) groups excluding carboxylic acids is 2. The molecular weight excluding hydrogens is 605 g/mol. The molecule has 0 aromatic heterocycles. The van der Waals surface area contributed by atoms with Gasteiger partial charge in [-0.2, -0.15) is 13.9 Å². The molecule has 0 spiro atoms. The molecule has 46 heavy (non-hydrogen) atoms. The largest absolute Gasteiger partial charge is 0.606 e. The number of nitrogens with zero attached hydrogens (tertiary/aromatic N) is 1. The Morgan fingerprint density at radius 2 is 1.11 bits per heavy atom. The molecule has 0 radical (unpaired) electrons. The number of quaternary nitrogens is 1. The summed E-state index contributed by atoms with van der Waals surface area (Å²) in [6.45, 7) is -3.62. The minimum absolute atomic E-state index is 0.191. The minimum Gasteiger partial charge on any atom is -0.606 e. The highest BCUT2D eigenvalue weighted by molar-refractivity contribution is 7.52. The van der Waals surface area contributed by atoms with Crippen molar-refractivity contribution < 1.29 is 78.0 Å². The number of phosphoric ester groups is 1. The number of carbonyl (C=O) groups is 2. The van der Waals surface area contributed by atoms with Gasteiger partial charge in [0.05, 0.1) is 21.1 Å². The maximum atomic E-state index is 13.2. The predicted molar refractivity (Wildman–Crippen MR) is 187 cm³/mol. The second-order valence-electron chi connectivity index (χ2n) is 9.95. The van der Waals surface area contributed by atoms with Crippen LogP contribution >= 0.6 is 8.17 Å². The summed E-state index contributed by atoms with van der Waals surface area (Å²) in [6, 6.07) is 0. The number of likely N-dealkylation sites (N-methyl/N-ethyl adjacent to an activating group) is 1. The average molecular weight is 707 g/mol. The summed E-state index contributed by atoms with van der Waals surface area (Å²) in [5.41, 5.74) is 0. The molecule has 0 saturated heterocycles. The van der Waals surface area contributed by atoms with Crippen LogP contribution < -0.4 is 4.89 Å². The second-order valence-corrected chi connectivity index (χ2v) is 11.4. The Balaban J connectivity index is 6.15. The van der Waals surface area contributed by atoms with Crippen LogP contribution in [-0.2, 0) is 28.1 Å². The number of hydrogen-bond donors (Lipinski definition) is 1. The van der Waals surface area contributed by atoms with E-state index < -0.39 is 207 Å². The lowest BCUT2D eigenvalue weighted by Gasteiger charge is -2.26. The van der Waals surface area contributed by atoms with Crippen molar-refractivity contribution in [3.8, 4) is 0 Å². The van der Waals surface area contributed by atoms with E-state index in [2.05, 4.69) is 0 Å². The topological polar surface area (TPSA) is 114 Å². The van der Waals surface area contributed by atoms with Gasteiger partial charge in [-0.05, 0) is 12.8 Å². The van der Waals surface area contributed by atoms with Crippen molar-refractivity contribution in [3.63, 3.8) is 0 Å². The van der Waals surface area contributed by atoms with Gasteiger partial charge < -0.3 is 18.9 Å². The Labute approximate surface area is 320 Å². The molecule has 0 aliphatic heterocycles. The van der Waals surface area contributed by atoms with Crippen LogP contribution in [0.2, 0.25) is 0 Å². The van der Waals surface area contributed by atoms with Gasteiger partial charge in [0.2, 0.25) is 0 Å². The Morgan fingerprint density at radius 3 is 1.54 bits per heavy atom. The van der Waals surface area contributed by atoms with Crippen molar-refractivity contribution in [3.05, 3.63) is 0 Å². The number of ether oxygens (including phenoxy) is 2. The second kappa shape index (κ2) is 30.2. The molecule has 0 aromatic rings. The van der Waals surface area contributed by atoms with E-state index in [4.69, 9.17) is 54.2 Å². The van der Waals surface area contributed by atoms with Gasteiger partial charge in [-0.15, -0.1) is 0 Å². The van der Waals surface area contributed by atoms with Crippen molar-refractivity contribution in [2.45, 2.75) is 173 Å². The zero-order valence-corrected chi connectivity index (χ0v) is 27.8. The summed E-state index contributed by atoms with van der Waals surface area (Å²) in [5.74, 6) is -3.33. The van der Waals surface area contributed by atoms with E-state index in [1.807, 2.05) is 0 Å². The lowest BCUT2D eigenvalue weighted by Crippen LogP contribution is -2.38. The van der Waals surface area contributed by atoms with E-state index >= 15 is 0 Å². The van der Waals surface area contributed by atoms with Crippen LogP contribution in [0, 0.1) is 0 Å². The van der Waals surface area contributed by atoms with Crippen LogP contribution in [0.5, 0.6) is 0 Å². The van der Waals surface area contributed by atoms with Crippen LogP contribution in [0.1, 0.15) is 203 Å². The van der Waals surface area contributed by atoms with Crippen LogP contribution in [0.3, 0.4) is 0 Å². The summed E-state index contributed by atoms with van der Waals surface area (Å²) >= 11 is 0. The predicted octanol–water partition coefficient (Wildman–Crippen LogP) is 8.61. The summed E-state index contributed by atoms with van der Waals surface area (Å²) in [7, 11) is 0.221. The SMILES string of the molecule is [2H]C(C[3H])C([2H])C([2H])C([2H])C([2H])C([2H])C([2H])C([2H])C([2H])C([2H])C([2H])C([2H])C(=O)OC[C@H](CO[P+]([O-])(O)OCC[N+](C)(C)C)OC(=O)C([2H])C([2H])C([2H])C([2H])C([2H])C([2H])C([2H])C([2H])C([2H])C([2H])C([2H])C([2H])C[3H]. The Bertz CT molecular complexity index is 1570.